The van der Waals surface area contributed by atoms with Gasteiger partial charge in [-0.2, -0.15) is 0 Å². The van der Waals surface area contributed by atoms with Gasteiger partial charge in [-0.25, -0.2) is 9.97 Å². The van der Waals surface area contributed by atoms with Crippen LogP contribution in [0, 0.1) is 0 Å². The average molecular weight is 626 g/mol. The minimum atomic E-state index is -0.491. The number of hydrogen-bond acceptors (Lipinski definition) is 3. The minimum absolute atomic E-state index is 0.491. The fraction of sp³-hybridized carbons (Fsp3) is 0.0217. The zero-order valence-electron chi connectivity index (χ0n) is 26.7. The van der Waals surface area contributed by atoms with Crippen molar-refractivity contribution in [1.82, 2.24) is 15.0 Å². The molecule has 0 spiro atoms. The summed E-state index contributed by atoms with van der Waals surface area (Å²) in [5.41, 5.74) is 14.0. The molecule has 9 rings (SSSR count). The van der Waals surface area contributed by atoms with Crippen molar-refractivity contribution in [2.75, 3.05) is 0 Å². The molecule has 0 bridgehead atoms. The maximum absolute atomic E-state index is 5.18. The summed E-state index contributed by atoms with van der Waals surface area (Å²) in [7, 11) is 0. The van der Waals surface area contributed by atoms with Gasteiger partial charge in [0.1, 0.15) is 0 Å². The van der Waals surface area contributed by atoms with Crippen LogP contribution in [0.15, 0.2) is 188 Å². The van der Waals surface area contributed by atoms with Crippen molar-refractivity contribution in [3.63, 3.8) is 0 Å². The lowest BCUT2D eigenvalue weighted by Gasteiger charge is -2.34. The number of pyridine rings is 1. The molecule has 3 nitrogen and oxygen atoms in total. The normalized spacial score (nSPS) is 12.7. The first-order valence-corrected chi connectivity index (χ1v) is 16.6. The summed E-state index contributed by atoms with van der Waals surface area (Å²) >= 11 is 0. The molecule has 0 N–H and O–H groups in total. The third-order valence-corrected chi connectivity index (χ3v) is 9.67. The van der Waals surface area contributed by atoms with Gasteiger partial charge in [-0.1, -0.05) is 152 Å². The Hall–Kier alpha value is -6.45. The molecule has 49 heavy (non-hydrogen) atoms. The van der Waals surface area contributed by atoms with Crippen LogP contribution >= 0.6 is 0 Å². The lowest BCUT2D eigenvalue weighted by molar-refractivity contribution is 0.768. The SMILES string of the molecule is c1ccc(-c2cc(-c3ccc4c(c3)-c3cc(-c5cccnc5)ccc3C4(c3ccccc3)c3ccccc3)nc(-c3ccccc3)n2)cc1. The predicted molar refractivity (Wildman–Crippen MR) is 199 cm³/mol. The van der Waals surface area contributed by atoms with Crippen molar-refractivity contribution >= 4 is 0 Å². The summed E-state index contributed by atoms with van der Waals surface area (Å²) in [6, 6.07) is 62.4. The van der Waals surface area contributed by atoms with Gasteiger partial charge < -0.3 is 0 Å². The van der Waals surface area contributed by atoms with Crippen molar-refractivity contribution < 1.29 is 0 Å². The van der Waals surface area contributed by atoms with Gasteiger partial charge in [0.05, 0.1) is 16.8 Å². The third-order valence-electron chi connectivity index (χ3n) is 9.67. The van der Waals surface area contributed by atoms with Crippen molar-refractivity contribution in [1.29, 1.82) is 0 Å². The number of hydrogen-bond donors (Lipinski definition) is 0. The number of benzene rings is 6. The minimum Gasteiger partial charge on any atom is -0.264 e. The van der Waals surface area contributed by atoms with Crippen LogP contribution < -0.4 is 0 Å². The zero-order chi connectivity index (χ0) is 32.6. The number of rotatable bonds is 6. The molecular formula is C46H31N3. The molecule has 1 aliphatic rings. The molecule has 0 amide bonds. The Morgan fingerprint density at radius 3 is 1.43 bits per heavy atom. The Morgan fingerprint density at radius 1 is 0.367 bits per heavy atom. The summed E-state index contributed by atoms with van der Waals surface area (Å²) in [5, 5.41) is 0. The first-order chi connectivity index (χ1) is 24.3. The van der Waals surface area contributed by atoms with E-state index in [4.69, 9.17) is 9.97 Å². The molecule has 6 aromatic carbocycles. The van der Waals surface area contributed by atoms with Crippen LogP contribution in [0.25, 0.3) is 56.2 Å². The van der Waals surface area contributed by atoms with Crippen LogP contribution in [-0.2, 0) is 5.41 Å². The van der Waals surface area contributed by atoms with Crippen LogP contribution in [0.4, 0.5) is 0 Å². The van der Waals surface area contributed by atoms with E-state index >= 15 is 0 Å². The van der Waals surface area contributed by atoms with Crippen molar-refractivity contribution in [2.45, 2.75) is 5.41 Å². The van der Waals surface area contributed by atoms with Gasteiger partial charge >= 0.3 is 0 Å². The van der Waals surface area contributed by atoms with Gasteiger partial charge in [0.25, 0.3) is 0 Å². The molecule has 3 heteroatoms. The van der Waals surface area contributed by atoms with E-state index in [0.29, 0.717) is 5.82 Å². The number of nitrogens with zero attached hydrogens (tertiary/aromatic N) is 3. The van der Waals surface area contributed by atoms with E-state index in [1.165, 1.54) is 33.4 Å². The van der Waals surface area contributed by atoms with Crippen LogP contribution in [0.1, 0.15) is 22.3 Å². The molecule has 0 unspecified atom stereocenters. The second-order valence-electron chi connectivity index (χ2n) is 12.4. The van der Waals surface area contributed by atoms with Gasteiger partial charge in [-0.15, -0.1) is 0 Å². The van der Waals surface area contributed by atoms with Gasteiger partial charge in [-0.05, 0) is 63.2 Å². The highest BCUT2D eigenvalue weighted by Crippen LogP contribution is 2.57. The van der Waals surface area contributed by atoms with Gasteiger partial charge in [-0.3, -0.25) is 4.98 Å². The summed E-state index contributed by atoms with van der Waals surface area (Å²) in [6.07, 6.45) is 3.76. The highest BCUT2D eigenvalue weighted by molar-refractivity contribution is 5.91. The van der Waals surface area contributed by atoms with Crippen LogP contribution in [0.5, 0.6) is 0 Å². The Bertz CT molecular complexity index is 2310. The molecule has 1 aliphatic carbocycles. The maximum Gasteiger partial charge on any atom is 0.160 e. The molecule has 0 radical (unpaired) electrons. The van der Waals surface area contributed by atoms with Gasteiger partial charge in [0, 0.05) is 34.6 Å². The molecule has 0 saturated carbocycles. The summed E-state index contributed by atoms with van der Waals surface area (Å²) in [4.78, 5) is 14.6. The quantitative estimate of drug-likeness (QED) is 0.185. The highest BCUT2D eigenvalue weighted by atomic mass is 14.9. The van der Waals surface area contributed by atoms with E-state index in [0.717, 1.165) is 39.2 Å². The van der Waals surface area contributed by atoms with Crippen molar-refractivity contribution in [3.05, 3.63) is 211 Å². The second kappa shape index (κ2) is 12.0. The van der Waals surface area contributed by atoms with E-state index < -0.39 is 5.41 Å². The van der Waals surface area contributed by atoms with E-state index in [1.807, 2.05) is 42.7 Å². The van der Waals surface area contributed by atoms with Gasteiger partial charge in [0.15, 0.2) is 5.82 Å². The van der Waals surface area contributed by atoms with Crippen LogP contribution in [0.2, 0.25) is 0 Å². The molecule has 0 aliphatic heterocycles. The van der Waals surface area contributed by atoms with Gasteiger partial charge in [0.2, 0.25) is 0 Å². The fourth-order valence-electron chi connectivity index (χ4n) is 7.44. The Labute approximate surface area is 286 Å². The molecule has 8 aromatic rings. The smallest absolute Gasteiger partial charge is 0.160 e. The van der Waals surface area contributed by atoms with Crippen LogP contribution in [-0.4, -0.2) is 15.0 Å². The Kier molecular flexibility index (Phi) is 7.02. The molecule has 0 fully saturated rings. The van der Waals surface area contributed by atoms with E-state index in [9.17, 15) is 0 Å². The first kappa shape index (κ1) is 28.7. The fourth-order valence-corrected chi connectivity index (χ4v) is 7.44. The molecule has 0 atom stereocenters. The van der Waals surface area contributed by atoms with Crippen molar-refractivity contribution in [2.24, 2.45) is 0 Å². The Morgan fingerprint density at radius 2 is 0.857 bits per heavy atom. The largest absolute Gasteiger partial charge is 0.264 e. The molecule has 230 valence electrons. The lowest BCUT2D eigenvalue weighted by atomic mass is 9.67. The van der Waals surface area contributed by atoms with E-state index in [1.54, 1.807) is 0 Å². The van der Waals surface area contributed by atoms with Crippen molar-refractivity contribution in [3.8, 4) is 56.2 Å². The first-order valence-electron chi connectivity index (χ1n) is 16.6. The standard InChI is InChI=1S/C46H31N3/c1-5-14-32(15-6-1)43-30-44(49-45(48-43)33-16-7-2-8-17-33)35-24-26-42-40(29-35)39-28-34(36-18-13-27-47-31-36)23-25-41(39)46(42,37-19-9-3-10-20-37)38-21-11-4-12-22-38/h1-31H. The van der Waals surface area contributed by atoms with E-state index in [2.05, 4.69) is 151 Å². The summed E-state index contributed by atoms with van der Waals surface area (Å²) in [5.74, 6) is 0.708. The molecule has 2 heterocycles. The number of aromatic nitrogens is 3. The lowest BCUT2D eigenvalue weighted by Crippen LogP contribution is -2.28. The molecule has 0 saturated heterocycles. The predicted octanol–water partition coefficient (Wildman–Crippen LogP) is 10.9. The highest BCUT2D eigenvalue weighted by Gasteiger charge is 2.46. The van der Waals surface area contributed by atoms with Crippen LogP contribution in [0.3, 0.4) is 0 Å². The monoisotopic (exact) mass is 625 g/mol. The topological polar surface area (TPSA) is 38.7 Å². The van der Waals surface area contributed by atoms with E-state index in [-0.39, 0.29) is 0 Å². The third kappa shape index (κ3) is 4.87. The molecule has 2 aromatic heterocycles. The average Bonchev–Trinajstić information content (AvgIpc) is 3.49. The molecular weight excluding hydrogens is 595 g/mol. The Balaban J connectivity index is 1.31. The second-order valence-corrected chi connectivity index (χ2v) is 12.4. The maximum atomic E-state index is 5.18. The number of fused-ring (bicyclic) bond motifs is 3. The summed E-state index contributed by atoms with van der Waals surface area (Å²) < 4.78 is 0. The summed E-state index contributed by atoms with van der Waals surface area (Å²) in [6.45, 7) is 0. The zero-order valence-corrected chi connectivity index (χ0v) is 26.7.